The van der Waals surface area contributed by atoms with Crippen molar-refractivity contribution in [1.82, 2.24) is 0 Å². The van der Waals surface area contributed by atoms with Gasteiger partial charge in [0.2, 0.25) is 11.6 Å². The standard InChI is InChI=1S/C48H56ClFO7Si.C27H38ClFO7Si/c1-47(2,3)58(6,7)56-33-43-44(53-30-34-17-11-8-12-18-34)45(54-31-35-19-13-9-14-20-35)46(55-32-36-21-15-10-16-22-36)48(52-5,57-43)39-24-25-40(49)38(29-39)27-37-23-26-42(51-4)41(50)28-37;1-26(2,3)37(6,7)35-15-22-23(30)24(31)25(32)27(34-5,36-22)18-9-10-19(28)17(14-18)12-16-8-11-21(33-4)20(29)13-16/h8-26,28-29,43-46H,27,30-33H2,1-7H3;8-11,13-14,22-25,30-32H,12,15H2,1-7H3/t43-,44-,45+,46-,48+;22-,23-,24+,25-,27+/m11/s1/i2*4D3. The van der Waals surface area contributed by atoms with E-state index >= 15 is 4.39 Å². The van der Waals surface area contributed by atoms with E-state index in [0.717, 1.165) is 22.8 Å². The first-order chi connectivity index (χ1) is 47.3. The largest absolute Gasteiger partial charge is 0.494 e. The van der Waals surface area contributed by atoms with Gasteiger partial charge in [0.15, 0.2) is 39.8 Å². The highest BCUT2D eigenvalue weighted by Gasteiger charge is 2.60. The summed E-state index contributed by atoms with van der Waals surface area (Å²) >= 11 is 13.3. The van der Waals surface area contributed by atoms with Crippen molar-refractivity contribution in [3.8, 4) is 11.5 Å². The van der Waals surface area contributed by atoms with E-state index in [1.165, 1.54) is 31.4 Å². The second kappa shape index (κ2) is 32.5. The first kappa shape index (κ1) is 66.8. The Kier molecular flexibility index (Phi) is 22.8. The molecule has 7 aromatic carbocycles. The van der Waals surface area contributed by atoms with E-state index < -0.39 is 109 Å². The predicted octanol–water partition coefficient (Wildman–Crippen LogP) is 15.4. The number of halogens is 4. The lowest BCUT2D eigenvalue weighted by Gasteiger charge is -2.52. The second-order valence-corrected chi connectivity index (χ2v) is 37.5. The molecule has 10 atom stereocenters. The highest BCUT2D eigenvalue weighted by molar-refractivity contribution is 6.74. The van der Waals surface area contributed by atoms with Crippen molar-refractivity contribution in [2.45, 2.75) is 171 Å². The van der Waals surface area contributed by atoms with Gasteiger partial charge in [0.05, 0.1) is 55.3 Å². The lowest BCUT2D eigenvalue weighted by atomic mass is 9.86. The maximum Gasteiger partial charge on any atom is 0.225 e. The number of hydrogen-bond donors (Lipinski definition) is 3. The second-order valence-electron chi connectivity index (χ2n) is 27.1. The van der Waals surface area contributed by atoms with Crippen LogP contribution in [0.25, 0.3) is 0 Å². The average Bonchev–Trinajstić information content (AvgIpc) is 0.742. The van der Waals surface area contributed by atoms with Gasteiger partial charge in [-0.3, -0.25) is 0 Å². The van der Waals surface area contributed by atoms with Gasteiger partial charge in [-0.15, -0.1) is 0 Å². The molecule has 14 nitrogen and oxygen atoms in total. The van der Waals surface area contributed by atoms with Crippen molar-refractivity contribution >= 4 is 39.8 Å². The monoisotopic (exact) mass is 1390 g/mol. The van der Waals surface area contributed by atoms with Gasteiger partial charge in [-0.25, -0.2) is 8.78 Å². The highest BCUT2D eigenvalue weighted by Crippen LogP contribution is 2.47. The van der Waals surface area contributed by atoms with Gasteiger partial charge in [0.25, 0.3) is 0 Å². The Bertz CT molecular complexity index is 3820. The number of aliphatic hydroxyl groups is 3. The molecule has 0 unspecified atom stereocenters. The molecule has 2 aliphatic heterocycles. The van der Waals surface area contributed by atoms with Crippen LogP contribution >= 0.6 is 23.2 Å². The summed E-state index contributed by atoms with van der Waals surface area (Å²) in [7, 11) is -7.26. The Hall–Kier alpha value is -5.47. The number of methoxy groups -OCH3 is 4. The number of benzene rings is 7. The van der Waals surface area contributed by atoms with Gasteiger partial charge in [-0.1, -0.05) is 180 Å². The van der Waals surface area contributed by atoms with Crippen LogP contribution in [0.3, 0.4) is 0 Å². The quantitative estimate of drug-likeness (QED) is 0.0464. The first-order valence-corrected chi connectivity index (χ1v) is 38.1. The normalized spacial score (nSPS) is 24.6. The molecule has 95 heavy (non-hydrogen) atoms. The van der Waals surface area contributed by atoms with Crippen LogP contribution in [0.1, 0.15) is 99.8 Å². The smallest absolute Gasteiger partial charge is 0.225 e. The fourth-order valence-corrected chi connectivity index (χ4v) is 13.3. The number of hydrogen-bond acceptors (Lipinski definition) is 14. The predicted molar refractivity (Wildman–Crippen MR) is 371 cm³/mol. The molecule has 0 amide bonds. The van der Waals surface area contributed by atoms with E-state index in [4.69, 9.17) is 78.2 Å². The third-order valence-electron chi connectivity index (χ3n) is 18.6. The van der Waals surface area contributed by atoms with E-state index in [1.807, 2.05) is 116 Å². The van der Waals surface area contributed by atoms with Crippen LogP contribution in [0.2, 0.25) is 46.3 Å². The van der Waals surface area contributed by atoms with Crippen LogP contribution in [0.4, 0.5) is 8.78 Å². The van der Waals surface area contributed by atoms with Gasteiger partial charge in [-0.05, 0) is 137 Å². The molecule has 2 aliphatic rings. The molecule has 514 valence electrons. The summed E-state index contributed by atoms with van der Waals surface area (Å²) in [6.45, 7) is 22.2. The lowest BCUT2D eigenvalue weighted by molar-refractivity contribution is -0.384. The zero-order chi connectivity index (χ0) is 74.1. The topological polar surface area (TPSA) is 162 Å². The summed E-state index contributed by atoms with van der Waals surface area (Å²) in [6, 6.07) is 48.0. The van der Waals surface area contributed by atoms with Gasteiger partial charge >= 0.3 is 0 Å². The molecule has 0 aliphatic carbocycles. The van der Waals surface area contributed by atoms with Crippen molar-refractivity contribution in [2.24, 2.45) is 0 Å². The third-order valence-corrected chi connectivity index (χ3v) is 28.4. The molecule has 2 heterocycles. The fourth-order valence-electron chi connectivity index (χ4n) is 10.9. The zero-order valence-electron chi connectivity index (χ0n) is 62.0. The van der Waals surface area contributed by atoms with Gasteiger partial charge in [0, 0.05) is 35.4 Å². The van der Waals surface area contributed by atoms with Crippen molar-refractivity contribution < 1.29 is 83.8 Å². The van der Waals surface area contributed by atoms with Gasteiger partial charge in [-0.2, -0.15) is 0 Å². The van der Waals surface area contributed by atoms with Crippen molar-refractivity contribution in [3.05, 3.63) is 236 Å². The van der Waals surface area contributed by atoms with Crippen molar-refractivity contribution in [1.29, 1.82) is 0 Å². The fraction of sp³-hybridized carbons (Fsp3) is 0.440. The molecule has 0 bridgehead atoms. The molecular weight excluding hydrogens is 1290 g/mol. The van der Waals surface area contributed by atoms with E-state index in [-0.39, 0.29) is 61.7 Å². The minimum absolute atomic E-state index is 0.0308. The van der Waals surface area contributed by atoms with Crippen LogP contribution in [0, 0.1) is 11.6 Å². The van der Waals surface area contributed by atoms with Crippen LogP contribution < -0.4 is 9.47 Å². The maximum atomic E-state index is 15.2. The molecule has 3 N–H and O–H groups in total. The van der Waals surface area contributed by atoms with Crippen molar-refractivity contribution in [2.75, 3.05) is 41.5 Å². The molecule has 7 aromatic rings. The summed E-state index contributed by atoms with van der Waals surface area (Å²) in [5, 5.41) is 33.2. The molecule has 0 aromatic heterocycles. The average molecular weight is 1390 g/mol. The summed E-state index contributed by atoms with van der Waals surface area (Å²) < 4.78 is 143. The van der Waals surface area contributed by atoms with Crippen LogP contribution in [0.15, 0.2) is 164 Å². The molecule has 20 heteroatoms. The number of rotatable bonds is 25. The van der Waals surface area contributed by atoms with Crippen molar-refractivity contribution in [3.63, 3.8) is 0 Å². The molecular formula is C75H94Cl2F2O14Si2. The first-order valence-electron chi connectivity index (χ1n) is 34.6. The molecule has 0 radical (unpaired) electrons. The van der Waals surface area contributed by atoms with E-state index in [2.05, 4.69) is 59.4 Å². The zero-order valence-corrected chi connectivity index (χ0v) is 59.5. The maximum absolute atomic E-state index is 15.2. The van der Waals surface area contributed by atoms with E-state index in [0.29, 0.717) is 43.4 Å². The van der Waals surface area contributed by atoms with Gasteiger partial charge in [0.1, 0.15) is 48.8 Å². The summed E-state index contributed by atoms with van der Waals surface area (Å²) in [6.07, 6.45) is -8.50. The Morgan fingerprint density at radius 3 is 1.31 bits per heavy atom. The van der Waals surface area contributed by atoms with Crippen LogP contribution in [-0.2, 0) is 86.2 Å². The Balaban J connectivity index is 0.000000281. The minimum Gasteiger partial charge on any atom is -0.494 e. The molecule has 9 rings (SSSR count). The van der Waals surface area contributed by atoms with E-state index in [1.54, 1.807) is 37.4 Å². The Morgan fingerprint density at radius 1 is 0.495 bits per heavy atom. The van der Waals surface area contributed by atoms with Crippen LogP contribution in [0.5, 0.6) is 11.5 Å². The van der Waals surface area contributed by atoms with Crippen LogP contribution in [-0.4, -0.2) is 122 Å². The summed E-state index contributed by atoms with van der Waals surface area (Å²) in [5.41, 5.74) is 5.96. The number of ether oxygens (including phenoxy) is 9. The minimum atomic E-state index is -2.80. The molecule has 0 saturated carbocycles. The van der Waals surface area contributed by atoms with E-state index in [9.17, 15) is 19.7 Å². The molecule has 2 saturated heterocycles. The Labute approximate surface area is 580 Å². The summed E-state index contributed by atoms with van der Waals surface area (Å²) in [5.74, 6) is -5.90. The van der Waals surface area contributed by atoms with Gasteiger partial charge < -0.3 is 66.8 Å². The molecule has 2 fully saturated rings. The lowest BCUT2D eigenvalue weighted by Crippen LogP contribution is -2.66. The Morgan fingerprint density at radius 2 is 0.895 bits per heavy atom. The third kappa shape index (κ3) is 18.1. The highest BCUT2D eigenvalue weighted by atomic mass is 35.5. The number of aliphatic hydroxyl groups excluding tert-OH is 3. The summed E-state index contributed by atoms with van der Waals surface area (Å²) in [4.78, 5) is 0. The molecule has 0 spiro atoms. The SMILES string of the molecule is [2H]C([2H])([2H])Oc1ccc(Cc2cc([C@]3(OC)O[C@H](CO[Si](C)(C)C(C)(C)C)[C@@H](O)[C@H](O)[C@H]3O)ccc2Cl)cc1F.[2H]C([2H])([2H])Oc1ccc(Cc2cc([C@]3(OC)O[C@H](CO[Si](C)(C)C(C)(C)C)[C@@H](OCc4ccccc4)[C@H](OCc4ccccc4)[C@H]3OCc3ccccc3)ccc2Cl)cc1F.